The molecule has 19 heavy (non-hydrogen) atoms. The molecule has 2 fully saturated rings. The second kappa shape index (κ2) is 5.19. The van der Waals surface area contributed by atoms with Crippen molar-refractivity contribution in [2.24, 2.45) is 5.92 Å². The zero-order chi connectivity index (χ0) is 13.3. The predicted molar refractivity (Wildman–Crippen MR) is 72.9 cm³/mol. The maximum atomic E-state index is 11.9. The molecule has 1 N–H and O–H groups in total. The van der Waals surface area contributed by atoms with E-state index in [1.165, 1.54) is 5.56 Å². The monoisotopic (exact) mass is 281 g/mol. The van der Waals surface area contributed by atoms with E-state index < -0.39 is 10.0 Å². The molecule has 3 rings (SSSR count). The molecule has 0 saturated carbocycles. The van der Waals surface area contributed by atoms with E-state index in [-0.39, 0.29) is 11.2 Å². The highest BCUT2D eigenvalue weighted by Gasteiger charge is 2.41. The Labute approximate surface area is 114 Å². The molecular formula is C13H19N3O2S. The molecule has 6 heteroatoms. The minimum Gasteiger partial charge on any atom is -0.299 e. The third-order valence-electron chi connectivity index (χ3n) is 4.15. The fourth-order valence-corrected chi connectivity index (χ4v) is 4.89. The van der Waals surface area contributed by atoms with Crippen molar-refractivity contribution in [3.8, 4) is 0 Å². The summed E-state index contributed by atoms with van der Waals surface area (Å²) in [5.74, 6) is 0.281. The number of fused-ring (bicyclic) bond motifs is 1. The molecular weight excluding hydrogens is 262 g/mol. The summed E-state index contributed by atoms with van der Waals surface area (Å²) in [6.07, 6.45) is 5.34. The van der Waals surface area contributed by atoms with Crippen molar-refractivity contribution in [1.29, 1.82) is 0 Å². The first kappa shape index (κ1) is 13.0. The maximum Gasteiger partial charge on any atom is 0.214 e. The van der Waals surface area contributed by atoms with Crippen LogP contribution in [0.15, 0.2) is 24.5 Å². The van der Waals surface area contributed by atoms with Crippen molar-refractivity contribution in [3.05, 3.63) is 30.1 Å². The van der Waals surface area contributed by atoms with E-state index in [0.29, 0.717) is 6.54 Å². The molecule has 0 aliphatic carbocycles. The van der Waals surface area contributed by atoms with Crippen LogP contribution < -0.4 is 4.72 Å². The van der Waals surface area contributed by atoms with Gasteiger partial charge in [0.25, 0.3) is 0 Å². The van der Waals surface area contributed by atoms with Crippen LogP contribution >= 0.6 is 0 Å². The SMILES string of the molecule is O=S1(=O)NC[C@H]2CCN(Cc3cccnc3)CC[C@H]21. The molecule has 0 amide bonds. The molecule has 1 aromatic rings. The van der Waals surface area contributed by atoms with Crippen LogP contribution in [0.1, 0.15) is 18.4 Å². The first-order valence-electron chi connectivity index (χ1n) is 6.75. The van der Waals surface area contributed by atoms with Gasteiger partial charge in [0.1, 0.15) is 0 Å². The van der Waals surface area contributed by atoms with Gasteiger partial charge in [-0.25, -0.2) is 13.1 Å². The van der Waals surface area contributed by atoms with Gasteiger partial charge in [0, 0.05) is 25.5 Å². The number of nitrogens with zero attached hydrogens (tertiary/aromatic N) is 2. The third-order valence-corrected chi connectivity index (χ3v) is 6.13. The van der Waals surface area contributed by atoms with Crippen LogP contribution in [0.3, 0.4) is 0 Å². The van der Waals surface area contributed by atoms with Gasteiger partial charge in [-0.2, -0.15) is 0 Å². The first-order chi connectivity index (χ1) is 9.15. The summed E-state index contributed by atoms with van der Waals surface area (Å²) >= 11 is 0. The second-order valence-electron chi connectivity index (χ2n) is 5.41. The van der Waals surface area contributed by atoms with Crippen molar-refractivity contribution >= 4 is 10.0 Å². The molecule has 0 aromatic carbocycles. The lowest BCUT2D eigenvalue weighted by atomic mass is 10.0. The van der Waals surface area contributed by atoms with Gasteiger partial charge in [0.05, 0.1) is 5.25 Å². The smallest absolute Gasteiger partial charge is 0.214 e. The summed E-state index contributed by atoms with van der Waals surface area (Å²) in [5.41, 5.74) is 1.19. The summed E-state index contributed by atoms with van der Waals surface area (Å²) in [6, 6.07) is 4.01. The van der Waals surface area contributed by atoms with Gasteiger partial charge in [-0.05, 0) is 43.5 Å². The van der Waals surface area contributed by atoms with Crippen LogP contribution in [0.4, 0.5) is 0 Å². The standard InChI is InChI=1S/C13H19N3O2S/c17-19(18)13-4-7-16(6-3-12(13)9-15-19)10-11-2-1-5-14-8-11/h1-2,5,8,12-13,15H,3-4,6-7,9-10H2/t12-,13-/m1/s1. The third kappa shape index (κ3) is 2.80. The van der Waals surface area contributed by atoms with E-state index in [1.54, 1.807) is 6.20 Å². The van der Waals surface area contributed by atoms with Gasteiger partial charge in [-0.3, -0.25) is 9.88 Å². The fraction of sp³-hybridized carbons (Fsp3) is 0.615. The van der Waals surface area contributed by atoms with E-state index in [1.807, 2.05) is 12.3 Å². The van der Waals surface area contributed by atoms with E-state index in [9.17, 15) is 8.42 Å². The minimum absolute atomic E-state index is 0.189. The average molecular weight is 281 g/mol. The number of rotatable bonds is 2. The van der Waals surface area contributed by atoms with Gasteiger partial charge in [0.15, 0.2) is 0 Å². The van der Waals surface area contributed by atoms with E-state index in [4.69, 9.17) is 0 Å². The molecule has 3 heterocycles. The number of pyridine rings is 1. The molecule has 2 atom stereocenters. The topological polar surface area (TPSA) is 62.3 Å². The Morgan fingerprint density at radius 2 is 2.21 bits per heavy atom. The Morgan fingerprint density at radius 3 is 3.00 bits per heavy atom. The van der Waals surface area contributed by atoms with Crippen LogP contribution in [0, 0.1) is 5.92 Å². The summed E-state index contributed by atoms with van der Waals surface area (Å²) in [7, 11) is -3.06. The van der Waals surface area contributed by atoms with Crippen LogP contribution in [0.25, 0.3) is 0 Å². The van der Waals surface area contributed by atoms with Gasteiger partial charge in [-0.15, -0.1) is 0 Å². The lowest BCUT2D eigenvalue weighted by Gasteiger charge is -2.20. The number of hydrogen-bond acceptors (Lipinski definition) is 4. The largest absolute Gasteiger partial charge is 0.299 e. The molecule has 2 aliphatic heterocycles. The van der Waals surface area contributed by atoms with Crippen LogP contribution in [0.2, 0.25) is 0 Å². The van der Waals surface area contributed by atoms with Gasteiger partial charge < -0.3 is 0 Å². The molecule has 5 nitrogen and oxygen atoms in total. The van der Waals surface area contributed by atoms with Crippen molar-refractivity contribution in [3.63, 3.8) is 0 Å². The predicted octanol–water partition coefficient (Wildman–Crippen LogP) is 0.595. The fourth-order valence-electron chi connectivity index (χ4n) is 3.07. The molecule has 2 aliphatic rings. The van der Waals surface area contributed by atoms with Gasteiger partial charge in [-0.1, -0.05) is 6.07 Å². The van der Waals surface area contributed by atoms with Crippen LogP contribution in [0.5, 0.6) is 0 Å². The van der Waals surface area contributed by atoms with Gasteiger partial charge in [0.2, 0.25) is 10.0 Å². The Hall–Kier alpha value is -0.980. The maximum absolute atomic E-state index is 11.9. The van der Waals surface area contributed by atoms with Crippen molar-refractivity contribution in [1.82, 2.24) is 14.6 Å². The van der Waals surface area contributed by atoms with Crippen LogP contribution in [-0.2, 0) is 16.6 Å². The molecule has 1 aromatic heterocycles. The average Bonchev–Trinajstić information content (AvgIpc) is 2.58. The molecule has 0 spiro atoms. The van der Waals surface area contributed by atoms with E-state index >= 15 is 0 Å². The van der Waals surface area contributed by atoms with E-state index in [2.05, 4.69) is 20.7 Å². The highest BCUT2D eigenvalue weighted by molar-refractivity contribution is 7.90. The number of aromatic nitrogens is 1. The Balaban J connectivity index is 1.66. The van der Waals surface area contributed by atoms with Gasteiger partial charge >= 0.3 is 0 Å². The molecule has 0 unspecified atom stereocenters. The number of sulfonamides is 1. The zero-order valence-corrected chi connectivity index (χ0v) is 11.6. The zero-order valence-electron chi connectivity index (χ0n) is 10.8. The summed E-state index contributed by atoms with van der Waals surface area (Å²) in [5, 5.41) is -0.189. The van der Waals surface area contributed by atoms with Crippen LogP contribution in [-0.4, -0.2) is 43.2 Å². The summed E-state index contributed by atoms with van der Waals surface area (Å²) in [6.45, 7) is 3.29. The summed E-state index contributed by atoms with van der Waals surface area (Å²) < 4.78 is 26.4. The minimum atomic E-state index is -3.06. The molecule has 104 valence electrons. The molecule has 2 saturated heterocycles. The summed E-state index contributed by atoms with van der Waals surface area (Å²) in [4.78, 5) is 6.46. The van der Waals surface area contributed by atoms with Crippen molar-refractivity contribution in [2.75, 3.05) is 19.6 Å². The number of nitrogens with one attached hydrogen (secondary N) is 1. The lowest BCUT2D eigenvalue weighted by Crippen LogP contribution is -2.28. The Morgan fingerprint density at radius 1 is 1.37 bits per heavy atom. The number of hydrogen-bond donors (Lipinski definition) is 1. The lowest BCUT2D eigenvalue weighted by molar-refractivity contribution is 0.272. The van der Waals surface area contributed by atoms with Crippen molar-refractivity contribution in [2.45, 2.75) is 24.6 Å². The molecule has 0 bridgehead atoms. The molecule has 0 radical (unpaired) electrons. The quantitative estimate of drug-likeness (QED) is 0.862. The Bertz CT molecular complexity index is 532. The normalized spacial score (nSPS) is 30.7. The van der Waals surface area contributed by atoms with Crippen molar-refractivity contribution < 1.29 is 8.42 Å². The van der Waals surface area contributed by atoms with E-state index in [0.717, 1.165) is 32.5 Å². The highest BCUT2D eigenvalue weighted by atomic mass is 32.2. The number of likely N-dealkylation sites (tertiary alicyclic amines) is 1. The first-order valence-corrected chi connectivity index (χ1v) is 8.29. The second-order valence-corrected chi connectivity index (χ2v) is 7.39. The Kier molecular flexibility index (Phi) is 3.56. The highest BCUT2D eigenvalue weighted by Crippen LogP contribution is 2.28.